The van der Waals surface area contributed by atoms with E-state index in [9.17, 15) is 4.79 Å². The molecule has 1 aromatic rings. The number of hydrogen-bond acceptors (Lipinski definition) is 2. The van der Waals surface area contributed by atoms with Gasteiger partial charge in [-0.2, -0.15) is 0 Å². The molecule has 1 rings (SSSR count). The lowest BCUT2D eigenvalue weighted by atomic mass is 10.1. The number of nitrogens with two attached hydrogens (primary N) is 1. The number of rotatable bonds is 7. The maximum Gasteiger partial charge on any atom is 0.222 e. The average molecular weight is 290 g/mol. The van der Waals surface area contributed by atoms with Crippen LogP contribution in [-0.2, 0) is 11.2 Å². The first-order valence-corrected chi connectivity index (χ1v) is 7.46. The molecule has 21 heavy (non-hydrogen) atoms. The molecule has 0 spiro atoms. The van der Waals surface area contributed by atoms with E-state index in [1.165, 1.54) is 5.56 Å². The molecule has 0 unspecified atom stereocenters. The number of nitrogens with one attached hydrogen (secondary N) is 2. The second-order valence-corrected chi connectivity index (χ2v) is 5.24. The number of aryl methyl sites for hydroxylation is 1. The Balaban J connectivity index is 2.28. The monoisotopic (exact) mass is 290 g/mol. The van der Waals surface area contributed by atoms with Crippen molar-refractivity contribution in [1.29, 1.82) is 0 Å². The Morgan fingerprint density at radius 1 is 1.29 bits per heavy atom. The molecule has 5 nitrogen and oxygen atoms in total. The maximum atomic E-state index is 11.3. The molecule has 1 amide bonds. The SMILES string of the molecule is CCc1ccc(NC(N)=NCCCNC(=O)C(C)C)cc1. The normalized spacial score (nSPS) is 11.5. The van der Waals surface area contributed by atoms with Crippen molar-refractivity contribution in [3.8, 4) is 0 Å². The Labute approximate surface area is 127 Å². The van der Waals surface area contributed by atoms with Crippen LogP contribution in [0.4, 0.5) is 5.69 Å². The molecule has 4 N–H and O–H groups in total. The number of nitrogens with zero attached hydrogens (tertiary/aromatic N) is 1. The van der Waals surface area contributed by atoms with Gasteiger partial charge in [0.15, 0.2) is 5.96 Å². The minimum atomic E-state index is 0.0197. The fraction of sp³-hybridized carbons (Fsp3) is 0.500. The van der Waals surface area contributed by atoms with Gasteiger partial charge in [0, 0.05) is 24.7 Å². The van der Waals surface area contributed by atoms with Crippen molar-refractivity contribution in [2.45, 2.75) is 33.6 Å². The van der Waals surface area contributed by atoms with Crippen molar-refractivity contribution < 1.29 is 4.79 Å². The van der Waals surface area contributed by atoms with Crippen LogP contribution in [0.1, 0.15) is 32.8 Å². The van der Waals surface area contributed by atoms with Gasteiger partial charge >= 0.3 is 0 Å². The highest BCUT2D eigenvalue weighted by Crippen LogP contribution is 2.09. The number of carbonyl (C=O) groups excluding carboxylic acids is 1. The van der Waals surface area contributed by atoms with E-state index in [0.29, 0.717) is 19.0 Å². The zero-order valence-electron chi connectivity index (χ0n) is 13.1. The molecule has 0 saturated heterocycles. The standard InChI is InChI=1S/C16H26N4O/c1-4-13-6-8-14(9-7-13)20-16(17)19-11-5-10-18-15(21)12(2)3/h6-9,12H,4-5,10-11H2,1-3H3,(H,18,21)(H3,17,19,20). The molecular weight excluding hydrogens is 264 g/mol. The summed E-state index contributed by atoms with van der Waals surface area (Å²) in [5, 5.41) is 5.90. The van der Waals surface area contributed by atoms with Gasteiger partial charge in [-0.05, 0) is 30.5 Å². The fourth-order valence-electron chi connectivity index (χ4n) is 1.71. The van der Waals surface area contributed by atoms with Crippen LogP contribution in [-0.4, -0.2) is 25.0 Å². The number of anilines is 1. The molecule has 1 aromatic carbocycles. The van der Waals surface area contributed by atoms with Crippen molar-refractivity contribution in [3.63, 3.8) is 0 Å². The third-order valence-electron chi connectivity index (χ3n) is 3.08. The van der Waals surface area contributed by atoms with E-state index >= 15 is 0 Å². The third-order valence-corrected chi connectivity index (χ3v) is 3.08. The van der Waals surface area contributed by atoms with Crippen molar-refractivity contribution in [1.82, 2.24) is 5.32 Å². The topological polar surface area (TPSA) is 79.5 Å². The van der Waals surface area contributed by atoms with E-state index in [4.69, 9.17) is 5.73 Å². The van der Waals surface area contributed by atoms with Crippen LogP contribution in [0.15, 0.2) is 29.3 Å². The van der Waals surface area contributed by atoms with Crippen LogP contribution in [0.3, 0.4) is 0 Å². The zero-order valence-corrected chi connectivity index (χ0v) is 13.1. The highest BCUT2D eigenvalue weighted by molar-refractivity contribution is 5.92. The molecule has 0 bridgehead atoms. The van der Waals surface area contributed by atoms with Crippen LogP contribution in [0.25, 0.3) is 0 Å². The van der Waals surface area contributed by atoms with E-state index < -0.39 is 0 Å². The molecule has 5 heteroatoms. The number of benzene rings is 1. The van der Waals surface area contributed by atoms with Crippen molar-refractivity contribution in [2.75, 3.05) is 18.4 Å². The minimum absolute atomic E-state index is 0.0197. The fourth-order valence-corrected chi connectivity index (χ4v) is 1.71. The summed E-state index contributed by atoms with van der Waals surface area (Å²) < 4.78 is 0. The average Bonchev–Trinajstić information content (AvgIpc) is 2.47. The molecule has 0 aromatic heterocycles. The molecule has 0 aliphatic carbocycles. The zero-order chi connectivity index (χ0) is 15.7. The summed E-state index contributed by atoms with van der Waals surface area (Å²) in [4.78, 5) is 15.6. The number of carbonyl (C=O) groups is 1. The van der Waals surface area contributed by atoms with Gasteiger partial charge in [0.05, 0.1) is 0 Å². The summed E-state index contributed by atoms with van der Waals surface area (Å²) in [6, 6.07) is 8.11. The van der Waals surface area contributed by atoms with Gasteiger partial charge in [-0.1, -0.05) is 32.9 Å². The van der Waals surface area contributed by atoms with E-state index in [2.05, 4.69) is 34.7 Å². The second-order valence-electron chi connectivity index (χ2n) is 5.24. The lowest BCUT2D eigenvalue weighted by molar-refractivity contribution is -0.123. The van der Waals surface area contributed by atoms with Crippen molar-refractivity contribution in [2.24, 2.45) is 16.6 Å². The van der Waals surface area contributed by atoms with Gasteiger partial charge in [-0.15, -0.1) is 0 Å². The Morgan fingerprint density at radius 3 is 2.52 bits per heavy atom. The van der Waals surface area contributed by atoms with E-state index in [1.807, 2.05) is 26.0 Å². The molecule has 0 aliphatic heterocycles. The second kappa shape index (κ2) is 9.00. The van der Waals surface area contributed by atoms with E-state index in [1.54, 1.807) is 0 Å². The van der Waals surface area contributed by atoms with Crippen LogP contribution in [0.2, 0.25) is 0 Å². The Bertz CT molecular complexity index is 466. The summed E-state index contributed by atoms with van der Waals surface area (Å²) in [5.41, 5.74) is 8.04. The first kappa shape index (κ1) is 17.0. The van der Waals surface area contributed by atoms with E-state index in [0.717, 1.165) is 18.5 Å². The number of guanidine groups is 1. The summed E-state index contributed by atoms with van der Waals surface area (Å²) >= 11 is 0. The van der Waals surface area contributed by atoms with Crippen LogP contribution in [0, 0.1) is 5.92 Å². The van der Waals surface area contributed by atoms with Gasteiger partial charge in [-0.25, -0.2) is 0 Å². The lowest BCUT2D eigenvalue weighted by Gasteiger charge is -2.08. The predicted octanol–water partition coefficient (Wildman–Crippen LogP) is 2.14. The Morgan fingerprint density at radius 2 is 1.95 bits per heavy atom. The van der Waals surface area contributed by atoms with Gasteiger partial charge < -0.3 is 16.4 Å². The quantitative estimate of drug-likeness (QED) is 0.409. The van der Waals surface area contributed by atoms with Crippen LogP contribution < -0.4 is 16.4 Å². The summed E-state index contributed by atoms with van der Waals surface area (Å²) in [6.45, 7) is 7.08. The first-order valence-electron chi connectivity index (χ1n) is 7.46. The largest absolute Gasteiger partial charge is 0.370 e. The minimum Gasteiger partial charge on any atom is -0.370 e. The highest BCUT2D eigenvalue weighted by atomic mass is 16.1. The summed E-state index contributed by atoms with van der Waals surface area (Å²) in [6.07, 6.45) is 1.79. The van der Waals surface area contributed by atoms with Crippen molar-refractivity contribution >= 4 is 17.6 Å². The van der Waals surface area contributed by atoms with Gasteiger partial charge in [-0.3, -0.25) is 9.79 Å². The third kappa shape index (κ3) is 6.79. The van der Waals surface area contributed by atoms with Crippen LogP contribution in [0.5, 0.6) is 0 Å². The molecule has 0 atom stereocenters. The number of amides is 1. The molecule has 0 saturated carbocycles. The highest BCUT2D eigenvalue weighted by Gasteiger charge is 2.04. The smallest absolute Gasteiger partial charge is 0.222 e. The maximum absolute atomic E-state index is 11.3. The summed E-state index contributed by atoms with van der Waals surface area (Å²) in [7, 11) is 0. The number of hydrogen-bond donors (Lipinski definition) is 3. The molecule has 116 valence electrons. The molecule has 0 fully saturated rings. The Kier molecular flexibility index (Phi) is 7.29. The molecule has 0 aliphatic rings. The van der Waals surface area contributed by atoms with Crippen LogP contribution >= 0.6 is 0 Å². The van der Waals surface area contributed by atoms with E-state index in [-0.39, 0.29) is 11.8 Å². The molecule has 0 radical (unpaired) electrons. The van der Waals surface area contributed by atoms with Gasteiger partial charge in [0.25, 0.3) is 0 Å². The molecule has 0 heterocycles. The van der Waals surface area contributed by atoms with Crippen molar-refractivity contribution in [3.05, 3.63) is 29.8 Å². The lowest BCUT2D eigenvalue weighted by Crippen LogP contribution is -2.29. The molecular formula is C16H26N4O. The number of aliphatic imine (C=N–C) groups is 1. The first-order chi connectivity index (χ1) is 10.0. The Hall–Kier alpha value is -2.04. The predicted molar refractivity (Wildman–Crippen MR) is 88.4 cm³/mol. The van der Waals surface area contributed by atoms with Gasteiger partial charge in [0.1, 0.15) is 0 Å². The summed E-state index contributed by atoms with van der Waals surface area (Å²) in [5.74, 6) is 0.488. The van der Waals surface area contributed by atoms with Gasteiger partial charge in [0.2, 0.25) is 5.91 Å².